The molecule has 2 saturated heterocycles. The number of nitrogens with zero attached hydrogens (tertiary/aromatic N) is 7. The average Bonchev–Trinajstić information content (AvgIpc) is 3.93. The Morgan fingerprint density at radius 3 is 1.64 bits per heavy atom. The summed E-state index contributed by atoms with van der Waals surface area (Å²) in [7, 11) is 1.65. The zero-order valence-corrected chi connectivity index (χ0v) is 43.9. The summed E-state index contributed by atoms with van der Waals surface area (Å²) < 4.78 is 23.1. The van der Waals surface area contributed by atoms with E-state index >= 15 is 0 Å². The maximum absolute atomic E-state index is 7.28. The van der Waals surface area contributed by atoms with Crippen LogP contribution in [-0.4, -0.2) is 102 Å². The molecule has 4 rings (SSSR count). The van der Waals surface area contributed by atoms with E-state index in [1.165, 1.54) is 167 Å². The van der Waals surface area contributed by atoms with Crippen molar-refractivity contribution in [1.82, 2.24) is 29.5 Å². The highest BCUT2D eigenvalue weighted by Crippen LogP contribution is 2.50. The van der Waals surface area contributed by atoms with E-state index in [9.17, 15) is 0 Å². The minimum atomic E-state index is -2.23. The van der Waals surface area contributed by atoms with Gasteiger partial charge in [-0.1, -0.05) is 202 Å². The molecule has 12 heteroatoms. The van der Waals surface area contributed by atoms with Gasteiger partial charge in [0.05, 0.1) is 19.3 Å². The van der Waals surface area contributed by atoms with Crippen molar-refractivity contribution < 1.29 is 18.7 Å². The Morgan fingerprint density at radius 2 is 1.19 bits per heavy atom. The van der Waals surface area contributed by atoms with Crippen LogP contribution in [0.3, 0.4) is 0 Å². The fourth-order valence-corrected chi connectivity index (χ4v) is 10.4. The Hall–Kier alpha value is -1.96. The first-order chi connectivity index (χ1) is 30.9. The normalized spacial score (nSPS) is 20.2. The van der Waals surface area contributed by atoms with E-state index < -0.39 is 20.1 Å². The van der Waals surface area contributed by atoms with Crippen LogP contribution in [-0.2, 0) is 18.7 Å². The Kier molecular flexibility index (Phi) is 25.4. The fourth-order valence-electron chi connectivity index (χ4n) is 9.09. The predicted octanol–water partition coefficient (Wildman–Crippen LogP) is 14.3. The van der Waals surface area contributed by atoms with Crippen molar-refractivity contribution in [3.8, 4) is 0 Å². The van der Waals surface area contributed by atoms with Crippen molar-refractivity contribution in [3.05, 3.63) is 12.7 Å². The van der Waals surface area contributed by atoms with Crippen LogP contribution in [0, 0.1) is 0 Å². The van der Waals surface area contributed by atoms with E-state index in [2.05, 4.69) is 67.7 Å². The largest absolute Gasteiger partial charge is 0.408 e. The van der Waals surface area contributed by atoms with Gasteiger partial charge in [0.25, 0.3) is 0 Å². The lowest BCUT2D eigenvalue weighted by Crippen LogP contribution is -2.54. The van der Waals surface area contributed by atoms with Gasteiger partial charge in [-0.3, -0.25) is 9.40 Å². The molecule has 4 atom stereocenters. The first kappa shape index (κ1) is 54.6. The first-order valence-corrected chi connectivity index (χ1v) is 29.6. The molecule has 368 valence electrons. The second kappa shape index (κ2) is 29.7. The van der Waals surface area contributed by atoms with Gasteiger partial charge in [0.1, 0.15) is 30.7 Å². The Balaban J connectivity index is 1.34. The molecular weight excluding hydrogens is 815 g/mol. The Morgan fingerprint density at radius 1 is 0.719 bits per heavy atom. The van der Waals surface area contributed by atoms with Crippen LogP contribution in [0.5, 0.6) is 0 Å². The molecule has 2 aliphatic rings. The monoisotopic (exact) mass is 912 g/mol. The molecule has 4 heterocycles. The number of aromatic nitrogens is 4. The minimum Gasteiger partial charge on any atom is -0.408 e. The molecule has 2 aromatic heterocycles. The van der Waals surface area contributed by atoms with Crippen LogP contribution in [0.15, 0.2) is 17.6 Å². The summed E-state index contributed by atoms with van der Waals surface area (Å²) in [4.78, 5) is 27.2. The molecular formula is C52H97N7O4Si. The van der Waals surface area contributed by atoms with Gasteiger partial charge in [0.2, 0.25) is 0 Å². The maximum Gasteiger partial charge on any atom is 0.192 e. The van der Waals surface area contributed by atoms with Crippen molar-refractivity contribution in [2.75, 3.05) is 40.4 Å². The molecule has 0 aliphatic carbocycles. The summed E-state index contributed by atoms with van der Waals surface area (Å²) in [6, 6.07) is 0. The predicted molar refractivity (Wildman–Crippen MR) is 270 cm³/mol. The molecule has 2 aromatic rings. The van der Waals surface area contributed by atoms with Gasteiger partial charge in [0.15, 0.2) is 31.5 Å². The van der Waals surface area contributed by atoms with Gasteiger partial charge in [0, 0.05) is 27.2 Å². The zero-order valence-electron chi connectivity index (χ0n) is 42.9. The van der Waals surface area contributed by atoms with Gasteiger partial charge in [-0.2, -0.15) is 5.06 Å². The number of hydrogen-bond donors (Lipinski definition) is 0. The molecule has 0 aromatic carbocycles. The standard InChI is InChI=1S/C52H97N7O4Si/c1-10-12-14-16-18-20-22-24-26-28-30-32-34-36-38-58(39-37-35-33-31-29-27-25-23-21-19-17-15-13-11-2)61-41-52-40-60-46(47(52)63-64(8,9)51(3,4)5)50(62-52)59-44-55-45-48(56-43-57(6)7)53-42-54-49(45)59/h42-44,46-47,50H,10-41H2,1-9H3/t46-,47+,50-,52-/m1/s1. The van der Waals surface area contributed by atoms with Crippen molar-refractivity contribution >= 4 is 31.6 Å². The molecule has 11 nitrogen and oxygen atoms in total. The van der Waals surface area contributed by atoms with Crippen LogP contribution in [0.2, 0.25) is 18.1 Å². The minimum absolute atomic E-state index is 0.0225. The fraction of sp³-hybridized carbons (Fsp3) is 0.885. The van der Waals surface area contributed by atoms with Gasteiger partial charge >= 0.3 is 0 Å². The van der Waals surface area contributed by atoms with Crippen LogP contribution in [0.25, 0.3) is 11.2 Å². The molecule has 0 amide bonds. The summed E-state index contributed by atoms with van der Waals surface area (Å²) in [5.74, 6) is 0.524. The van der Waals surface area contributed by atoms with E-state index in [4.69, 9.17) is 23.7 Å². The van der Waals surface area contributed by atoms with Crippen molar-refractivity contribution in [2.45, 2.75) is 257 Å². The second-order valence-electron chi connectivity index (χ2n) is 21.3. The van der Waals surface area contributed by atoms with Crippen molar-refractivity contribution in [2.24, 2.45) is 4.99 Å². The van der Waals surface area contributed by atoms with E-state index in [0.717, 1.165) is 25.9 Å². The third kappa shape index (κ3) is 18.3. The van der Waals surface area contributed by atoms with E-state index in [-0.39, 0.29) is 17.2 Å². The molecule has 0 saturated carbocycles. The van der Waals surface area contributed by atoms with Crippen LogP contribution < -0.4 is 0 Å². The number of rotatable bonds is 38. The molecule has 0 unspecified atom stereocenters. The van der Waals surface area contributed by atoms with Gasteiger partial charge in [-0.15, -0.1) is 0 Å². The van der Waals surface area contributed by atoms with Gasteiger partial charge in [-0.05, 0) is 31.0 Å². The summed E-state index contributed by atoms with van der Waals surface area (Å²) in [6.07, 6.45) is 42.1. The molecule has 2 aliphatic heterocycles. The lowest BCUT2D eigenvalue weighted by molar-refractivity contribution is -0.243. The third-order valence-electron chi connectivity index (χ3n) is 14.2. The van der Waals surface area contributed by atoms with Crippen LogP contribution in [0.1, 0.15) is 221 Å². The number of imidazole rings is 1. The number of hydroxylamine groups is 2. The highest BCUT2D eigenvalue weighted by atomic mass is 28.4. The lowest BCUT2D eigenvalue weighted by Gasteiger charge is -2.41. The van der Waals surface area contributed by atoms with E-state index in [1.807, 2.05) is 23.6 Å². The van der Waals surface area contributed by atoms with Crippen LogP contribution >= 0.6 is 0 Å². The zero-order chi connectivity index (χ0) is 46.1. The SMILES string of the molecule is CCCCCCCCCCCCCCCCN(CCCCCCCCCCCCCCCC)OC[C@@]12CO[C@@H]([C@H](n3cnc4c(N=CN(C)C)ncnc43)O1)[C@@H]2O[Si](C)(C)C(C)(C)C. The first-order valence-electron chi connectivity index (χ1n) is 26.7. The van der Waals surface area contributed by atoms with Crippen molar-refractivity contribution in [1.29, 1.82) is 0 Å². The summed E-state index contributed by atoms with van der Waals surface area (Å²) in [5.41, 5.74) is 0.539. The quantitative estimate of drug-likeness (QED) is 0.0214. The number of unbranched alkanes of at least 4 members (excludes halogenated alkanes) is 26. The van der Waals surface area contributed by atoms with Crippen molar-refractivity contribution in [3.63, 3.8) is 0 Å². The molecule has 0 radical (unpaired) electrons. The van der Waals surface area contributed by atoms with E-state index in [0.29, 0.717) is 30.2 Å². The molecule has 2 fully saturated rings. The lowest BCUT2D eigenvalue weighted by atomic mass is 10.0. The summed E-state index contributed by atoms with van der Waals surface area (Å²) in [6.45, 7) is 18.8. The highest BCUT2D eigenvalue weighted by Gasteiger charge is 2.65. The Labute approximate surface area is 393 Å². The average molecular weight is 912 g/mol. The van der Waals surface area contributed by atoms with Gasteiger partial charge in [-0.25, -0.2) is 19.9 Å². The Bertz CT molecular complexity index is 1520. The summed E-state index contributed by atoms with van der Waals surface area (Å²) >= 11 is 0. The maximum atomic E-state index is 7.28. The number of ether oxygens (including phenoxy) is 2. The number of hydrogen-bond acceptors (Lipinski definition) is 9. The topological polar surface area (TPSA) is 99.4 Å². The number of fused-ring (bicyclic) bond motifs is 3. The highest BCUT2D eigenvalue weighted by molar-refractivity contribution is 6.74. The molecule has 2 bridgehead atoms. The molecule has 0 spiro atoms. The third-order valence-corrected chi connectivity index (χ3v) is 18.7. The number of aliphatic imine (C=N–C) groups is 1. The van der Waals surface area contributed by atoms with Gasteiger partial charge < -0.3 is 18.8 Å². The van der Waals surface area contributed by atoms with E-state index in [1.54, 1.807) is 19.0 Å². The molecule has 64 heavy (non-hydrogen) atoms. The smallest absolute Gasteiger partial charge is 0.192 e. The van der Waals surface area contributed by atoms with Crippen LogP contribution in [0.4, 0.5) is 5.82 Å². The summed E-state index contributed by atoms with van der Waals surface area (Å²) in [5, 5.41) is 2.28. The second-order valence-corrected chi connectivity index (χ2v) is 26.0. The molecule has 0 N–H and O–H groups in total.